The Hall–Kier alpha value is -2.63. The van der Waals surface area contributed by atoms with E-state index in [4.69, 9.17) is 14.2 Å². The van der Waals surface area contributed by atoms with Crippen molar-refractivity contribution < 1.29 is 28.6 Å². The maximum absolute atomic E-state index is 12.8. The van der Waals surface area contributed by atoms with Crippen molar-refractivity contribution in [1.82, 2.24) is 0 Å². The predicted molar refractivity (Wildman–Crippen MR) is 275 cm³/mol. The van der Waals surface area contributed by atoms with Gasteiger partial charge in [-0.25, -0.2) is 0 Å². The van der Waals surface area contributed by atoms with Crippen LogP contribution in [0.15, 0.2) is 48.6 Å². The van der Waals surface area contributed by atoms with Crippen LogP contribution in [0.25, 0.3) is 0 Å². The molecular formula is C58H104O6. The summed E-state index contributed by atoms with van der Waals surface area (Å²) in [6.07, 6.45) is 63.7. The van der Waals surface area contributed by atoms with Gasteiger partial charge in [0.1, 0.15) is 13.2 Å². The highest BCUT2D eigenvalue weighted by atomic mass is 16.6. The lowest BCUT2D eigenvalue weighted by Crippen LogP contribution is -2.30. The Morgan fingerprint density at radius 3 is 0.906 bits per heavy atom. The van der Waals surface area contributed by atoms with E-state index in [1.54, 1.807) is 0 Å². The second kappa shape index (κ2) is 53.0. The van der Waals surface area contributed by atoms with E-state index in [1.165, 1.54) is 148 Å². The first-order valence-corrected chi connectivity index (χ1v) is 27.6. The zero-order chi connectivity index (χ0) is 46.5. The van der Waals surface area contributed by atoms with Crippen molar-refractivity contribution in [3.63, 3.8) is 0 Å². The lowest BCUT2D eigenvalue weighted by molar-refractivity contribution is -0.167. The van der Waals surface area contributed by atoms with Gasteiger partial charge in [0.2, 0.25) is 0 Å². The largest absolute Gasteiger partial charge is 0.462 e. The zero-order valence-electron chi connectivity index (χ0n) is 42.6. The minimum Gasteiger partial charge on any atom is -0.462 e. The van der Waals surface area contributed by atoms with Crippen molar-refractivity contribution in [3.8, 4) is 0 Å². The van der Waals surface area contributed by atoms with Gasteiger partial charge in [-0.05, 0) is 83.5 Å². The Morgan fingerprint density at radius 2 is 0.562 bits per heavy atom. The SMILES string of the molecule is CCCCC/C=C\C/C=C\CCCCCCCCCC(=O)OCC(COC(=O)CCCCCCCCCCCCCCC)OC(=O)CCCCCCC/C=C\C/C=C\CCCCCC. The summed E-state index contributed by atoms with van der Waals surface area (Å²) >= 11 is 0. The summed E-state index contributed by atoms with van der Waals surface area (Å²) in [6.45, 7) is 6.60. The molecule has 0 N–H and O–H groups in total. The number of hydrogen-bond acceptors (Lipinski definition) is 6. The average Bonchev–Trinajstić information content (AvgIpc) is 3.29. The van der Waals surface area contributed by atoms with Crippen LogP contribution in [0.5, 0.6) is 0 Å². The highest BCUT2D eigenvalue weighted by molar-refractivity contribution is 5.71. The molecule has 0 aromatic carbocycles. The maximum Gasteiger partial charge on any atom is 0.306 e. The van der Waals surface area contributed by atoms with Crippen LogP contribution in [0.2, 0.25) is 0 Å². The average molecular weight is 897 g/mol. The Morgan fingerprint density at radius 1 is 0.312 bits per heavy atom. The third-order valence-electron chi connectivity index (χ3n) is 12.1. The van der Waals surface area contributed by atoms with E-state index in [1.807, 2.05) is 0 Å². The molecule has 0 aliphatic rings. The molecule has 0 aliphatic carbocycles. The van der Waals surface area contributed by atoms with Crippen molar-refractivity contribution >= 4 is 17.9 Å². The van der Waals surface area contributed by atoms with E-state index in [2.05, 4.69) is 69.4 Å². The summed E-state index contributed by atoms with van der Waals surface area (Å²) in [5.41, 5.74) is 0. The molecule has 372 valence electrons. The summed E-state index contributed by atoms with van der Waals surface area (Å²) < 4.78 is 16.8. The van der Waals surface area contributed by atoms with Crippen molar-refractivity contribution in [1.29, 1.82) is 0 Å². The van der Waals surface area contributed by atoms with Gasteiger partial charge in [-0.3, -0.25) is 14.4 Å². The lowest BCUT2D eigenvalue weighted by Gasteiger charge is -2.18. The van der Waals surface area contributed by atoms with Crippen LogP contribution in [0.4, 0.5) is 0 Å². The van der Waals surface area contributed by atoms with E-state index in [0.717, 1.165) is 96.3 Å². The van der Waals surface area contributed by atoms with Crippen LogP contribution >= 0.6 is 0 Å². The number of hydrogen-bond donors (Lipinski definition) is 0. The van der Waals surface area contributed by atoms with Crippen LogP contribution in [0.1, 0.15) is 284 Å². The van der Waals surface area contributed by atoms with Crippen LogP contribution in [0, 0.1) is 0 Å². The van der Waals surface area contributed by atoms with Gasteiger partial charge in [-0.1, -0.05) is 230 Å². The summed E-state index contributed by atoms with van der Waals surface area (Å²) in [5.74, 6) is -0.890. The third-order valence-corrected chi connectivity index (χ3v) is 12.1. The molecule has 0 spiro atoms. The second-order valence-electron chi connectivity index (χ2n) is 18.5. The van der Waals surface area contributed by atoms with Crippen molar-refractivity contribution in [2.75, 3.05) is 13.2 Å². The van der Waals surface area contributed by atoms with Crippen LogP contribution < -0.4 is 0 Å². The molecule has 0 radical (unpaired) electrons. The second-order valence-corrected chi connectivity index (χ2v) is 18.5. The van der Waals surface area contributed by atoms with Gasteiger partial charge in [-0.15, -0.1) is 0 Å². The van der Waals surface area contributed by atoms with Gasteiger partial charge in [0.25, 0.3) is 0 Å². The normalized spacial score (nSPS) is 12.4. The first-order chi connectivity index (χ1) is 31.5. The molecule has 0 aromatic rings. The van der Waals surface area contributed by atoms with E-state index < -0.39 is 6.10 Å². The number of esters is 3. The number of ether oxygens (including phenoxy) is 3. The van der Waals surface area contributed by atoms with Gasteiger partial charge in [0.05, 0.1) is 0 Å². The van der Waals surface area contributed by atoms with Crippen LogP contribution in [-0.4, -0.2) is 37.2 Å². The highest BCUT2D eigenvalue weighted by Gasteiger charge is 2.19. The lowest BCUT2D eigenvalue weighted by atomic mass is 10.0. The molecule has 0 aromatic heterocycles. The zero-order valence-corrected chi connectivity index (χ0v) is 42.6. The molecule has 6 heteroatoms. The van der Waals surface area contributed by atoms with Gasteiger partial charge in [0, 0.05) is 19.3 Å². The molecule has 64 heavy (non-hydrogen) atoms. The maximum atomic E-state index is 12.8. The molecule has 1 atom stereocenters. The molecule has 0 saturated heterocycles. The minimum atomic E-state index is -0.781. The predicted octanol–water partition coefficient (Wildman–Crippen LogP) is 18.3. The molecule has 0 heterocycles. The Labute approximate surface area is 397 Å². The molecule has 0 fully saturated rings. The number of carbonyl (C=O) groups excluding carboxylic acids is 3. The molecule has 0 amide bonds. The fraction of sp³-hybridized carbons (Fsp3) is 0.810. The first kappa shape index (κ1) is 61.4. The summed E-state index contributed by atoms with van der Waals surface area (Å²) in [7, 11) is 0. The Bertz CT molecular complexity index is 1120. The quantitative estimate of drug-likeness (QED) is 0.0262. The summed E-state index contributed by atoms with van der Waals surface area (Å²) in [5, 5.41) is 0. The van der Waals surface area contributed by atoms with Crippen molar-refractivity contribution in [3.05, 3.63) is 48.6 Å². The van der Waals surface area contributed by atoms with Crippen molar-refractivity contribution in [2.45, 2.75) is 290 Å². The van der Waals surface area contributed by atoms with Gasteiger partial charge >= 0.3 is 17.9 Å². The van der Waals surface area contributed by atoms with E-state index in [-0.39, 0.29) is 31.1 Å². The smallest absolute Gasteiger partial charge is 0.306 e. The molecule has 0 bridgehead atoms. The van der Waals surface area contributed by atoms with E-state index in [9.17, 15) is 14.4 Å². The third kappa shape index (κ3) is 50.4. The molecule has 6 nitrogen and oxygen atoms in total. The molecule has 0 aliphatic heterocycles. The van der Waals surface area contributed by atoms with Gasteiger partial charge in [-0.2, -0.15) is 0 Å². The number of allylic oxidation sites excluding steroid dienone is 8. The first-order valence-electron chi connectivity index (χ1n) is 27.6. The fourth-order valence-corrected chi connectivity index (χ4v) is 7.86. The summed E-state index contributed by atoms with van der Waals surface area (Å²) in [6, 6.07) is 0. The molecule has 0 rings (SSSR count). The monoisotopic (exact) mass is 897 g/mol. The number of rotatable bonds is 50. The standard InChI is InChI=1S/C58H104O6/c1-4-7-10-13-16-19-22-25-27-29-31-33-36-39-42-45-48-51-57(60)63-54-55(53-62-56(59)50-47-44-41-38-35-32-24-21-18-15-12-9-6-3)64-58(61)52-49-46-43-40-37-34-30-28-26-23-20-17-14-11-8-5-2/h16,19-20,23,25,27-28,30,55H,4-15,17-18,21-22,24,26,29,31-54H2,1-3H3/b19-16-,23-20-,27-25-,30-28-. The number of unbranched alkanes of at least 4 members (excludes halogenated alkanes) is 31. The summed E-state index contributed by atoms with van der Waals surface area (Å²) in [4.78, 5) is 38.1. The molecular weight excluding hydrogens is 793 g/mol. The van der Waals surface area contributed by atoms with Gasteiger partial charge in [0.15, 0.2) is 6.10 Å². The van der Waals surface area contributed by atoms with Crippen LogP contribution in [-0.2, 0) is 28.6 Å². The minimum absolute atomic E-state index is 0.0788. The Balaban J connectivity index is 4.39. The Kier molecular flexibility index (Phi) is 50.8. The molecule has 1 unspecified atom stereocenters. The highest BCUT2D eigenvalue weighted by Crippen LogP contribution is 2.15. The van der Waals surface area contributed by atoms with Crippen LogP contribution in [0.3, 0.4) is 0 Å². The van der Waals surface area contributed by atoms with Crippen molar-refractivity contribution in [2.24, 2.45) is 0 Å². The van der Waals surface area contributed by atoms with Gasteiger partial charge < -0.3 is 14.2 Å². The fourth-order valence-electron chi connectivity index (χ4n) is 7.86. The topological polar surface area (TPSA) is 78.9 Å². The molecule has 0 saturated carbocycles. The van der Waals surface area contributed by atoms with E-state index in [0.29, 0.717) is 19.3 Å². The number of carbonyl (C=O) groups is 3. The van der Waals surface area contributed by atoms with E-state index >= 15 is 0 Å².